The summed E-state index contributed by atoms with van der Waals surface area (Å²) in [7, 11) is 0. The SMILES string of the molecule is Cc1ccc([C@@H](N)C2CCOCC2)c(C)c1. The highest BCUT2D eigenvalue weighted by atomic mass is 16.5. The Morgan fingerprint density at radius 3 is 2.56 bits per heavy atom. The summed E-state index contributed by atoms with van der Waals surface area (Å²) in [4.78, 5) is 0. The minimum Gasteiger partial charge on any atom is -0.381 e. The van der Waals surface area contributed by atoms with E-state index in [1.165, 1.54) is 16.7 Å². The minimum atomic E-state index is 0.171. The van der Waals surface area contributed by atoms with E-state index in [2.05, 4.69) is 32.0 Å². The van der Waals surface area contributed by atoms with E-state index >= 15 is 0 Å². The van der Waals surface area contributed by atoms with Gasteiger partial charge in [-0.1, -0.05) is 23.8 Å². The fourth-order valence-electron chi connectivity index (χ4n) is 2.53. The van der Waals surface area contributed by atoms with Gasteiger partial charge in [0.05, 0.1) is 0 Å². The van der Waals surface area contributed by atoms with Gasteiger partial charge >= 0.3 is 0 Å². The molecule has 1 saturated heterocycles. The molecule has 2 rings (SSSR count). The molecule has 0 bridgehead atoms. The molecule has 0 unspecified atom stereocenters. The molecule has 2 nitrogen and oxygen atoms in total. The number of aryl methyl sites for hydroxylation is 2. The van der Waals surface area contributed by atoms with Crippen molar-refractivity contribution in [3.05, 3.63) is 34.9 Å². The van der Waals surface area contributed by atoms with Crippen LogP contribution in [0.2, 0.25) is 0 Å². The number of nitrogens with two attached hydrogens (primary N) is 1. The third kappa shape index (κ3) is 2.45. The van der Waals surface area contributed by atoms with Crippen molar-refractivity contribution in [3.8, 4) is 0 Å². The molecule has 1 heterocycles. The Kier molecular flexibility index (Phi) is 3.62. The molecule has 0 aliphatic carbocycles. The van der Waals surface area contributed by atoms with Gasteiger partial charge in [-0.05, 0) is 43.7 Å². The Bertz CT molecular complexity index is 356. The van der Waals surface area contributed by atoms with Crippen LogP contribution >= 0.6 is 0 Å². The first kappa shape index (κ1) is 11.6. The van der Waals surface area contributed by atoms with E-state index < -0.39 is 0 Å². The lowest BCUT2D eigenvalue weighted by atomic mass is 9.85. The average molecular weight is 219 g/mol. The first-order valence-corrected chi connectivity index (χ1v) is 6.09. The van der Waals surface area contributed by atoms with Gasteiger partial charge in [-0.3, -0.25) is 0 Å². The molecule has 1 fully saturated rings. The van der Waals surface area contributed by atoms with Gasteiger partial charge in [0.2, 0.25) is 0 Å². The maximum Gasteiger partial charge on any atom is 0.0469 e. The van der Waals surface area contributed by atoms with E-state index in [1.807, 2.05) is 0 Å². The third-order valence-corrected chi connectivity index (χ3v) is 3.56. The van der Waals surface area contributed by atoms with Gasteiger partial charge in [-0.2, -0.15) is 0 Å². The summed E-state index contributed by atoms with van der Waals surface area (Å²) < 4.78 is 5.38. The van der Waals surface area contributed by atoms with Gasteiger partial charge in [0, 0.05) is 19.3 Å². The summed E-state index contributed by atoms with van der Waals surface area (Å²) in [5.41, 5.74) is 10.3. The Hall–Kier alpha value is -0.860. The first-order chi connectivity index (χ1) is 7.68. The van der Waals surface area contributed by atoms with Crippen LogP contribution in [0, 0.1) is 19.8 Å². The molecular formula is C14H21NO. The molecule has 0 radical (unpaired) electrons. The Morgan fingerprint density at radius 1 is 1.25 bits per heavy atom. The molecule has 16 heavy (non-hydrogen) atoms. The number of benzene rings is 1. The third-order valence-electron chi connectivity index (χ3n) is 3.56. The fourth-order valence-corrected chi connectivity index (χ4v) is 2.53. The van der Waals surface area contributed by atoms with Crippen molar-refractivity contribution in [2.45, 2.75) is 32.7 Å². The van der Waals surface area contributed by atoms with Crippen LogP contribution in [0.4, 0.5) is 0 Å². The van der Waals surface area contributed by atoms with Crippen LogP contribution in [0.1, 0.15) is 35.6 Å². The largest absolute Gasteiger partial charge is 0.381 e. The predicted octanol–water partition coefficient (Wildman–Crippen LogP) is 2.73. The lowest BCUT2D eigenvalue weighted by Crippen LogP contribution is -2.27. The van der Waals surface area contributed by atoms with E-state index in [-0.39, 0.29) is 6.04 Å². The lowest BCUT2D eigenvalue weighted by molar-refractivity contribution is 0.0583. The molecule has 0 saturated carbocycles. The van der Waals surface area contributed by atoms with Crippen LogP contribution < -0.4 is 5.73 Å². The topological polar surface area (TPSA) is 35.2 Å². The smallest absolute Gasteiger partial charge is 0.0469 e. The van der Waals surface area contributed by atoms with Crippen molar-refractivity contribution in [3.63, 3.8) is 0 Å². The zero-order chi connectivity index (χ0) is 11.5. The highest BCUT2D eigenvalue weighted by molar-refractivity contribution is 5.33. The molecule has 0 spiro atoms. The van der Waals surface area contributed by atoms with Gasteiger partial charge in [-0.25, -0.2) is 0 Å². The lowest BCUT2D eigenvalue weighted by Gasteiger charge is -2.28. The van der Waals surface area contributed by atoms with Gasteiger partial charge in [0.25, 0.3) is 0 Å². The number of rotatable bonds is 2. The monoisotopic (exact) mass is 219 g/mol. The summed E-state index contributed by atoms with van der Waals surface area (Å²) in [5.74, 6) is 0.579. The Balaban J connectivity index is 2.15. The van der Waals surface area contributed by atoms with Crippen molar-refractivity contribution in [1.29, 1.82) is 0 Å². The number of hydrogen-bond acceptors (Lipinski definition) is 2. The van der Waals surface area contributed by atoms with Gasteiger partial charge < -0.3 is 10.5 Å². The standard InChI is InChI=1S/C14H21NO/c1-10-3-4-13(11(2)9-10)14(15)12-5-7-16-8-6-12/h3-4,9,12,14H,5-8,15H2,1-2H3/t14-/m0/s1. The minimum absolute atomic E-state index is 0.171. The van der Waals surface area contributed by atoms with Crippen molar-refractivity contribution in [2.75, 3.05) is 13.2 Å². The van der Waals surface area contributed by atoms with Crippen molar-refractivity contribution < 1.29 is 4.74 Å². The average Bonchev–Trinajstić information content (AvgIpc) is 2.29. The van der Waals surface area contributed by atoms with Crippen LogP contribution in [0.25, 0.3) is 0 Å². The first-order valence-electron chi connectivity index (χ1n) is 6.09. The molecule has 0 amide bonds. The van der Waals surface area contributed by atoms with Crippen LogP contribution in [-0.4, -0.2) is 13.2 Å². The summed E-state index contributed by atoms with van der Waals surface area (Å²) >= 11 is 0. The maximum atomic E-state index is 6.37. The van der Waals surface area contributed by atoms with Crippen LogP contribution in [0.3, 0.4) is 0 Å². The van der Waals surface area contributed by atoms with Gasteiger partial charge in [-0.15, -0.1) is 0 Å². The normalized spacial score (nSPS) is 19.7. The van der Waals surface area contributed by atoms with Crippen LogP contribution in [0.5, 0.6) is 0 Å². The second-order valence-corrected chi connectivity index (χ2v) is 4.84. The van der Waals surface area contributed by atoms with Gasteiger partial charge in [0.1, 0.15) is 0 Å². The molecule has 0 aromatic heterocycles. The van der Waals surface area contributed by atoms with Crippen LogP contribution in [0.15, 0.2) is 18.2 Å². The Morgan fingerprint density at radius 2 is 1.94 bits per heavy atom. The van der Waals surface area contributed by atoms with Crippen molar-refractivity contribution in [2.24, 2.45) is 11.7 Å². The van der Waals surface area contributed by atoms with Crippen molar-refractivity contribution >= 4 is 0 Å². The van der Waals surface area contributed by atoms with Gasteiger partial charge in [0.15, 0.2) is 0 Å². The van der Waals surface area contributed by atoms with E-state index in [0.717, 1.165) is 26.1 Å². The van der Waals surface area contributed by atoms with E-state index in [0.29, 0.717) is 5.92 Å². The Labute approximate surface area is 97.8 Å². The van der Waals surface area contributed by atoms with E-state index in [9.17, 15) is 0 Å². The molecule has 1 aliphatic rings. The quantitative estimate of drug-likeness (QED) is 0.830. The molecule has 2 N–H and O–H groups in total. The van der Waals surface area contributed by atoms with Crippen LogP contribution in [-0.2, 0) is 4.74 Å². The fraction of sp³-hybridized carbons (Fsp3) is 0.571. The molecule has 1 aromatic rings. The predicted molar refractivity (Wildman–Crippen MR) is 66.4 cm³/mol. The molecular weight excluding hydrogens is 198 g/mol. The number of ether oxygens (including phenoxy) is 1. The second-order valence-electron chi connectivity index (χ2n) is 4.84. The number of hydrogen-bond donors (Lipinski definition) is 1. The van der Waals surface area contributed by atoms with Crippen molar-refractivity contribution in [1.82, 2.24) is 0 Å². The second kappa shape index (κ2) is 4.98. The summed E-state index contributed by atoms with van der Waals surface area (Å²) in [6.45, 7) is 6.00. The van der Waals surface area contributed by atoms with E-state index in [4.69, 9.17) is 10.5 Å². The highest BCUT2D eigenvalue weighted by Crippen LogP contribution is 2.29. The van der Waals surface area contributed by atoms with E-state index in [1.54, 1.807) is 0 Å². The molecule has 88 valence electrons. The molecule has 1 atom stereocenters. The summed E-state index contributed by atoms with van der Waals surface area (Å²) in [5, 5.41) is 0. The summed E-state index contributed by atoms with van der Waals surface area (Å²) in [6, 6.07) is 6.73. The molecule has 1 aliphatic heterocycles. The molecule has 2 heteroatoms. The summed E-state index contributed by atoms with van der Waals surface area (Å²) in [6.07, 6.45) is 2.18. The molecule has 1 aromatic carbocycles. The zero-order valence-electron chi connectivity index (χ0n) is 10.2. The maximum absolute atomic E-state index is 6.37. The highest BCUT2D eigenvalue weighted by Gasteiger charge is 2.23. The zero-order valence-corrected chi connectivity index (χ0v) is 10.2.